The lowest BCUT2D eigenvalue weighted by molar-refractivity contribution is -0.135. The molecule has 0 heterocycles. The third-order valence-corrected chi connectivity index (χ3v) is 2.13. The van der Waals surface area contributed by atoms with Gasteiger partial charge in [0, 0.05) is 4.47 Å². The summed E-state index contributed by atoms with van der Waals surface area (Å²) in [6.45, 7) is -0.272. The van der Waals surface area contributed by atoms with Crippen molar-refractivity contribution in [3.8, 4) is 5.75 Å². The largest absolute Gasteiger partial charge is 0.426 e. The van der Waals surface area contributed by atoms with Crippen molar-refractivity contribution in [1.82, 2.24) is 0 Å². The number of aliphatic hydroxyl groups is 1. The zero-order valence-electron chi connectivity index (χ0n) is 7.77. The number of carbonyl (C=O) groups is 2. The molecule has 1 N–H and O–H groups in total. The molecule has 0 saturated heterocycles. The third-order valence-electron chi connectivity index (χ3n) is 1.64. The van der Waals surface area contributed by atoms with Gasteiger partial charge in [-0.1, -0.05) is 15.9 Å². The molecule has 0 radical (unpaired) electrons. The minimum absolute atomic E-state index is 0.0889. The highest BCUT2D eigenvalue weighted by atomic mass is 79.9. The maximum atomic E-state index is 11.1. The number of aldehydes is 1. The fourth-order valence-electron chi connectivity index (χ4n) is 0.969. The molecule has 0 aromatic heterocycles. The van der Waals surface area contributed by atoms with Crippen molar-refractivity contribution in [3.05, 3.63) is 28.2 Å². The maximum absolute atomic E-state index is 11.1. The molecule has 0 aliphatic heterocycles. The highest BCUT2D eigenvalue weighted by Crippen LogP contribution is 2.21. The molecule has 0 atom stereocenters. The van der Waals surface area contributed by atoms with Crippen molar-refractivity contribution in [1.29, 1.82) is 0 Å². The highest BCUT2D eigenvalue weighted by molar-refractivity contribution is 9.10. The average Bonchev–Trinajstić information content (AvgIpc) is 2.21. The van der Waals surface area contributed by atoms with Crippen LogP contribution in [0.15, 0.2) is 22.7 Å². The van der Waals surface area contributed by atoms with Crippen LogP contribution in [0.5, 0.6) is 5.75 Å². The van der Waals surface area contributed by atoms with Crippen molar-refractivity contribution >= 4 is 28.2 Å². The van der Waals surface area contributed by atoms with Gasteiger partial charge in [-0.05, 0) is 18.2 Å². The smallest absolute Gasteiger partial charge is 0.313 e. The molecule has 4 nitrogen and oxygen atoms in total. The zero-order valence-corrected chi connectivity index (χ0v) is 9.36. The van der Waals surface area contributed by atoms with Crippen molar-refractivity contribution < 1.29 is 19.4 Å². The Balaban J connectivity index is 2.84. The Labute approximate surface area is 95.0 Å². The average molecular weight is 273 g/mol. The quantitative estimate of drug-likeness (QED) is 0.513. The summed E-state index contributed by atoms with van der Waals surface area (Å²) in [4.78, 5) is 21.7. The number of esters is 1. The van der Waals surface area contributed by atoms with E-state index in [2.05, 4.69) is 15.9 Å². The number of benzene rings is 1. The molecular weight excluding hydrogens is 264 g/mol. The molecule has 0 amide bonds. The first-order valence-electron chi connectivity index (χ1n) is 4.23. The van der Waals surface area contributed by atoms with Crippen molar-refractivity contribution in [2.75, 3.05) is 6.61 Å². The van der Waals surface area contributed by atoms with Gasteiger partial charge in [0.15, 0.2) is 6.29 Å². The van der Waals surface area contributed by atoms with Crippen molar-refractivity contribution in [3.63, 3.8) is 0 Å². The van der Waals surface area contributed by atoms with Crippen LogP contribution in [-0.2, 0) is 4.79 Å². The molecule has 15 heavy (non-hydrogen) atoms. The summed E-state index contributed by atoms with van der Waals surface area (Å²) in [7, 11) is 0. The SMILES string of the molecule is O=Cc1cc(Br)ccc1OC(=O)CCO. The van der Waals surface area contributed by atoms with E-state index in [1.54, 1.807) is 12.1 Å². The summed E-state index contributed by atoms with van der Waals surface area (Å²) in [6, 6.07) is 4.73. The molecule has 1 aromatic rings. The van der Waals surface area contributed by atoms with Crippen molar-refractivity contribution in [2.45, 2.75) is 6.42 Å². The maximum Gasteiger partial charge on any atom is 0.313 e. The van der Waals surface area contributed by atoms with Gasteiger partial charge < -0.3 is 9.84 Å². The number of hydrogen-bond acceptors (Lipinski definition) is 4. The Morgan fingerprint density at radius 3 is 2.87 bits per heavy atom. The van der Waals surface area contributed by atoms with E-state index >= 15 is 0 Å². The molecule has 0 saturated carbocycles. The summed E-state index contributed by atoms with van der Waals surface area (Å²) in [5, 5.41) is 8.51. The molecule has 0 spiro atoms. The highest BCUT2D eigenvalue weighted by Gasteiger charge is 2.08. The molecule has 1 aromatic carbocycles. The Hall–Kier alpha value is -1.20. The van der Waals surface area contributed by atoms with Crippen LogP contribution in [0.4, 0.5) is 0 Å². The minimum atomic E-state index is -0.567. The number of halogens is 1. The van der Waals surface area contributed by atoms with Crippen LogP contribution < -0.4 is 4.74 Å². The topological polar surface area (TPSA) is 63.6 Å². The van der Waals surface area contributed by atoms with E-state index in [0.29, 0.717) is 6.29 Å². The molecule has 0 fully saturated rings. The first kappa shape index (κ1) is 11.9. The van der Waals surface area contributed by atoms with E-state index in [9.17, 15) is 9.59 Å². The molecule has 0 aliphatic carbocycles. The van der Waals surface area contributed by atoms with E-state index < -0.39 is 5.97 Å². The monoisotopic (exact) mass is 272 g/mol. The van der Waals surface area contributed by atoms with Crippen LogP contribution in [-0.4, -0.2) is 24.0 Å². The van der Waals surface area contributed by atoms with Gasteiger partial charge in [-0.2, -0.15) is 0 Å². The molecule has 0 bridgehead atoms. The Kier molecular flexibility index (Phi) is 4.45. The third kappa shape index (κ3) is 3.45. The van der Waals surface area contributed by atoms with Gasteiger partial charge in [0.2, 0.25) is 0 Å². The molecular formula is C10H9BrO4. The predicted octanol–water partition coefficient (Wildman–Crippen LogP) is 1.55. The van der Waals surface area contributed by atoms with Gasteiger partial charge in [-0.15, -0.1) is 0 Å². The number of hydrogen-bond donors (Lipinski definition) is 1. The minimum Gasteiger partial charge on any atom is -0.426 e. The lowest BCUT2D eigenvalue weighted by atomic mass is 10.2. The molecule has 80 valence electrons. The molecule has 0 unspecified atom stereocenters. The van der Waals surface area contributed by atoms with Gasteiger partial charge in [0.25, 0.3) is 0 Å². The number of ether oxygens (including phenoxy) is 1. The molecule has 0 aliphatic rings. The summed E-state index contributed by atoms with van der Waals surface area (Å²) in [6.07, 6.45) is 0.515. The summed E-state index contributed by atoms with van der Waals surface area (Å²) >= 11 is 3.19. The number of carbonyl (C=O) groups excluding carboxylic acids is 2. The summed E-state index contributed by atoms with van der Waals surface area (Å²) in [5.41, 5.74) is 0.288. The van der Waals surface area contributed by atoms with E-state index in [1.165, 1.54) is 6.07 Å². The lowest BCUT2D eigenvalue weighted by Gasteiger charge is -2.05. The first-order chi connectivity index (χ1) is 7.17. The van der Waals surface area contributed by atoms with E-state index in [0.717, 1.165) is 4.47 Å². The molecule has 5 heteroatoms. The van der Waals surface area contributed by atoms with E-state index in [1.807, 2.05) is 0 Å². The Morgan fingerprint density at radius 2 is 2.27 bits per heavy atom. The zero-order chi connectivity index (χ0) is 11.3. The fourth-order valence-corrected chi connectivity index (χ4v) is 1.35. The lowest BCUT2D eigenvalue weighted by Crippen LogP contribution is -2.10. The van der Waals surface area contributed by atoms with Gasteiger partial charge in [-0.25, -0.2) is 0 Å². The van der Waals surface area contributed by atoms with Crippen molar-refractivity contribution in [2.24, 2.45) is 0 Å². The van der Waals surface area contributed by atoms with Gasteiger partial charge >= 0.3 is 5.97 Å². The summed E-state index contributed by atoms with van der Waals surface area (Å²) in [5.74, 6) is -0.366. The number of aliphatic hydroxyl groups excluding tert-OH is 1. The second-order valence-electron chi connectivity index (χ2n) is 2.75. The van der Waals surface area contributed by atoms with Gasteiger partial charge in [-0.3, -0.25) is 9.59 Å². The molecule has 1 rings (SSSR count). The van der Waals surface area contributed by atoms with Crippen LogP contribution in [0.3, 0.4) is 0 Å². The van der Waals surface area contributed by atoms with Gasteiger partial charge in [0.1, 0.15) is 5.75 Å². The Morgan fingerprint density at radius 1 is 1.53 bits per heavy atom. The van der Waals surface area contributed by atoms with E-state index in [4.69, 9.17) is 9.84 Å². The van der Waals surface area contributed by atoms with Gasteiger partial charge in [0.05, 0.1) is 18.6 Å². The standard InChI is InChI=1S/C10H9BrO4/c11-8-1-2-9(7(5-8)6-13)15-10(14)3-4-12/h1-2,5-6,12H,3-4H2. The van der Waals surface area contributed by atoms with Crippen LogP contribution in [0, 0.1) is 0 Å². The predicted molar refractivity (Wildman–Crippen MR) is 56.9 cm³/mol. The summed E-state index contributed by atoms with van der Waals surface area (Å²) < 4.78 is 5.61. The normalized spacial score (nSPS) is 9.73. The van der Waals surface area contributed by atoms with Crippen LogP contribution in [0.1, 0.15) is 16.8 Å². The Bertz CT molecular complexity index is 376. The number of rotatable bonds is 4. The first-order valence-corrected chi connectivity index (χ1v) is 5.03. The second kappa shape index (κ2) is 5.63. The van der Waals surface area contributed by atoms with Crippen LogP contribution >= 0.6 is 15.9 Å². The van der Waals surface area contributed by atoms with Crippen LogP contribution in [0.25, 0.3) is 0 Å². The fraction of sp³-hybridized carbons (Fsp3) is 0.200. The van der Waals surface area contributed by atoms with Crippen LogP contribution in [0.2, 0.25) is 0 Å². The van der Waals surface area contributed by atoms with E-state index in [-0.39, 0.29) is 24.3 Å². The second-order valence-corrected chi connectivity index (χ2v) is 3.66.